The fraction of sp³-hybridized carbons (Fsp3) is 0.500. The molecule has 3 heteroatoms. The summed E-state index contributed by atoms with van der Waals surface area (Å²) in [7, 11) is 0. The van der Waals surface area contributed by atoms with Gasteiger partial charge in [-0.2, -0.15) is 5.26 Å². The zero-order valence-electron chi connectivity index (χ0n) is 10.0. The topological polar surface area (TPSA) is 44.0 Å². The molecule has 1 fully saturated rings. The summed E-state index contributed by atoms with van der Waals surface area (Å²) in [5.74, 6) is 0. The average molecular weight is 247 g/mol. The van der Waals surface area contributed by atoms with Crippen molar-refractivity contribution in [2.45, 2.75) is 48.9 Å². The maximum atomic E-state index is 9.75. The lowest BCUT2D eigenvalue weighted by atomic mass is 10.1. The fourth-order valence-corrected chi connectivity index (χ4v) is 3.73. The van der Waals surface area contributed by atoms with Crippen LogP contribution in [0.5, 0.6) is 0 Å². The Kier molecular flexibility index (Phi) is 4.09. The third-order valence-corrected chi connectivity index (χ3v) is 4.60. The second-order valence-corrected chi connectivity index (χ2v) is 5.91. The summed E-state index contributed by atoms with van der Waals surface area (Å²) in [4.78, 5) is 1.07. The van der Waals surface area contributed by atoms with Crippen molar-refractivity contribution in [1.29, 1.82) is 5.26 Å². The van der Waals surface area contributed by atoms with Crippen LogP contribution in [-0.4, -0.2) is 10.4 Å². The molecule has 2 nitrogen and oxygen atoms in total. The molecule has 0 amide bonds. The van der Waals surface area contributed by atoms with E-state index < -0.39 is 6.10 Å². The van der Waals surface area contributed by atoms with E-state index in [4.69, 9.17) is 5.26 Å². The lowest BCUT2D eigenvalue weighted by Gasteiger charge is -2.15. The molecule has 0 bridgehead atoms. The SMILES string of the molecule is C[C@@H](O)c1ccc(C#N)cc1SC1CCCC1. The normalized spacial score (nSPS) is 17.9. The second-order valence-electron chi connectivity index (χ2n) is 4.56. The average Bonchev–Trinajstić information content (AvgIpc) is 2.81. The van der Waals surface area contributed by atoms with Gasteiger partial charge in [0.25, 0.3) is 0 Å². The van der Waals surface area contributed by atoms with Gasteiger partial charge in [0.15, 0.2) is 0 Å². The minimum atomic E-state index is -0.466. The monoisotopic (exact) mass is 247 g/mol. The van der Waals surface area contributed by atoms with Crippen LogP contribution in [0.4, 0.5) is 0 Å². The summed E-state index contributed by atoms with van der Waals surface area (Å²) >= 11 is 1.82. The summed E-state index contributed by atoms with van der Waals surface area (Å²) < 4.78 is 0. The van der Waals surface area contributed by atoms with Crippen LogP contribution in [0.2, 0.25) is 0 Å². The highest BCUT2D eigenvalue weighted by molar-refractivity contribution is 8.00. The van der Waals surface area contributed by atoms with E-state index in [1.807, 2.05) is 23.9 Å². The van der Waals surface area contributed by atoms with E-state index in [2.05, 4.69) is 6.07 Å². The Balaban J connectivity index is 2.25. The van der Waals surface area contributed by atoms with Crippen LogP contribution in [-0.2, 0) is 0 Å². The van der Waals surface area contributed by atoms with Gasteiger partial charge in [0.2, 0.25) is 0 Å². The number of hydrogen-bond donors (Lipinski definition) is 1. The first-order valence-electron chi connectivity index (χ1n) is 6.09. The van der Waals surface area contributed by atoms with Gasteiger partial charge < -0.3 is 5.11 Å². The summed E-state index contributed by atoms with van der Waals surface area (Å²) in [5, 5.41) is 19.3. The molecule has 0 spiro atoms. The van der Waals surface area contributed by atoms with Crippen molar-refractivity contribution >= 4 is 11.8 Å². The predicted molar refractivity (Wildman–Crippen MR) is 69.9 cm³/mol. The highest BCUT2D eigenvalue weighted by Gasteiger charge is 2.19. The van der Waals surface area contributed by atoms with E-state index in [-0.39, 0.29) is 0 Å². The van der Waals surface area contributed by atoms with Crippen LogP contribution in [0.25, 0.3) is 0 Å². The predicted octanol–water partition coefficient (Wildman–Crippen LogP) is 3.65. The van der Waals surface area contributed by atoms with Gasteiger partial charge in [-0.05, 0) is 37.5 Å². The van der Waals surface area contributed by atoms with Crippen molar-refractivity contribution in [3.05, 3.63) is 29.3 Å². The van der Waals surface area contributed by atoms with Gasteiger partial charge in [-0.1, -0.05) is 18.9 Å². The molecule has 0 heterocycles. The van der Waals surface area contributed by atoms with Gasteiger partial charge in [-0.25, -0.2) is 0 Å². The van der Waals surface area contributed by atoms with Crippen LogP contribution in [0, 0.1) is 11.3 Å². The highest BCUT2D eigenvalue weighted by atomic mass is 32.2. The van der Waals surface area contributed by atoms with Gasteiger partial charge in [0, 0.05) is 10.1 Å². The van der Waals surface area contributed by atoms with Crippen molar-refractivity contribution in [3.63, 3.8) is 0 Å². The molecule has 1 aliphatic carbocycles. The maximum absolute atomic E-state index is 9.75. The highest BCUT2D eigenvalue weighted by Crippen LogP contribution is 2.38. The largest absolute Gasteiger partial charge is 0.389 e. The zero-order chi connectivity index (χ0) is 12.3. The maximum Gasteiger partial charge on any atom is 0.0992 e. The summed E-state index contributed by atoms with van der Waals surface area (Å²) in [6.07, 6.45) is 4.65. The van der Waals surface area contributed by atoms with E-state index in [9.17, 15) is 5.11 Å². The fourth-order valence-electron chi connectivity index (χ4n) is 2.24. The molecule has 1 N–H and O–H groups in total. The summed E-state index contributed by atoms with van der Waals surface area (Å²) in [6, 6.07) is 7.73. The Labute approximate surface area is 107 Å². The van der Waals surface area contributed by atoms with Gasteiger partial charge in [0.05, 0.1) is 17.7 Å². The van der Waals surface area contributed by atoms with E-state index in [0.29, 0.717) is 10.8 Å². The minimum absolute atomic E-state index is 0.466. The number of thioether (sulfide) groups is 1. The molecule has 1 atom stereocenters. The molecular formula is C14H17NOS. The van der Waals surface area contributed by atoms with E-state index in [1.54, 1.807) is 13.0 Å². The molecular weight excluding hydrogens is 230 g/mol. The number of benzene rings is 1. The van der Waals surface area contributed by atoms with Crippen molar-refractivity contribution in [1.82, 2.24) is 0 Å². The van der Waals surface area contributed by atoms with Gasteiger partial charge in [-0.15, -0.1) is 11.8 Å². The molecule has 1 saturated carbocycles. The Morgan fingerprint density at radius 3 is 2.71 bits per heavy atom. The van der Waals surface area contributed by atoms with Gasteiger partial charge >= 0.3 is 0 Å². The third-order valence-electron chi connectivity index (χ3n) is 3.19. The van der Waals surface area contributed by atoms with Crippen LogP contribution in [0.15, 0.2) is 23.1 Å². The van der Waals surface area contributed by atoms with Crippen molar-refractivity contribution in [2.75, 3.05) is 0 Å². The van der Waals surface area contributed by atoms with Crippen LogP contribution in [0.3, 0.4) is 0 Å². The van der Waals surface area contributed by atoms with Crippen LogP contribution in [0.1, 0.15) is 49.8 Å². The first-order valence-corrected chi connectivity index (χ1v) is 6.97. The molecule has 0 aliphatic heterocycles. The number of aliphatic hydroxyl groups is 1. The number of hydrogen-bond acceptors (Lipinski definition) is 3. The standard InChI is InChI=1S/C14H17NOS/c1-10(16)13-7-6-11(9-15)8-14(13)17-12-4-2-3-5-12/h6-8,10,12,16H,2-5H2,1H3/t10-/m1/s1. The molecule has 2 rings (SSSR count). The van der Waals surface area contributed by atoms with Crippen molar-refractivity contribution in [2.24, 2.45) is 0 Å². The smallest absolute Gasteiger partial charge is 0.0992 e. The van der Waals surface area contributed by atoms with Crippen molar-refractivity contribution < 1.29 is 5.11 Å². The molecule has 0 unspecified atom stereocenters. The quantitative estimate of drug-likeness (QED) is 0.886. The second kappa shape index (κ2) is 5.57. The van der Waals surface area contributed by atoms with Gasteiger partial charge in [0.1, 0.15) is 0 Å². The molecule has 1 aliphatic rings. The van der Waals surface area contributed by atoms with E-state index in [1.165, 1.54) is 25.7 Å². The minimum Gasteiger partial charge on any atom is -0.389 e. The van der Waals surface area contributed by atoms with E-state index in [0.717, 1.165) is 10.5 Å². The lowest BCUT2D eigenvalue weighted by Crippen LogP contribution is -1.99. The summed E-state index contributed by atoms with van der Waals surface area (Å²) in [5.41, 5.74) is 1.62. The molecule has 0 aromatic heterocycles. The summed E-state index contributed by atoms with van der Waals surface area (Å²) in [6.45, 7) is 1.78. The lowest BCUT2D eigenvalue weighted by molar-refractivity contribution is 0.196. The first-order chi connectivity index (χ1) is 8.20. The molecule has 17 heavy (non-hydrogen) atoms. The Morgan fingerprint density at radius 1 is 1.41 bits per heavy atom. The number of nitrogens with zero attached hydrogens (tertiary/aromatic N) is 1. The van der Waals surface area contributed by atoms with E-state index >= 15 is 0 Å². The molecule has 1 aromatic carbocycles. The Bertz CT molecular complexity index is 430. The molecule has 1 aromatic rings. The Hall–Kier alpha value is -0.980. The Morgan fingerprint density at radius 2 is 2.12 bits per heavy atom. The number of nitriles is 1. The molecule has 0 radical (unpaired) electrons. The first kappa shape index (κ1) is 12.5. The van der Waals surface area contributed by atoms with Crippen LogP contribution < -0.4 is 0 Å². The third kappa shape index (κ3) is 3.02. The van der Waals surface area contributed by atoms with Crippen molar-refractivity contribution in [3.8, 4) is 6.07 Å². The van der Waals surface area contributed by atoms with Gasteiger partial charge in [-0.3, -0.25) is 0 Å². The zero-order valence-corrected chi connectivity index (χ0v) is 10.8. The number of aliphatic hydroxyl groups excluding tert-OH is 1. The number of rotatable bonds is 3. The molecule has 0 saturated heterocycles. The molecule has 90 valence electrons. The van der Waals surface area contributed by atoms with Crippen LogP contribution >= 0.6 is 11.8 Å².